The molecule has 18 heteroatoms. The summed E-state index contributed by atoms with van der Waals surface area (Å²) in [5.41, 5.74) is 0.821. The first-order valence-corrected chi connectivity index (χ1v) is 25.1. The van der Waals surface area contributed by atoms with Crippen LogP contribution in [0.1, 0.15) is 91.5 Å². The first-order chi connectivity index (χ1) is 34.2. The molecule has 4 saturated heterocycles. The number of hydrogen-bond acceptors (Lipinski definition) is 14. The van der Waals surface area contributed by atoms with Crippen molar-refractivity contribution in [3.63, 3.8) is 0 Å². The summed E-state index contributed by atoms with van der Waals surface area (Å²) in [6, 6.07) is 10.2. The predicted molar refractivity (Wildman–Crippen MR) is 261 cm³/mol. The molecule has 4 amide bonds. The van der Waals surface area contributed by atoms with Crippen LogP contribution in [-0.2, 0) is 16.0 Å². The van der Waals surface area contributed by atoms with Crippen molar-refractivity contribution in [3.8, 4) is 23.0 Å². The highest BCUT2D eigenvalue weighted by Gasteiger charge is 2.47. The van der Waals surface area contributed by atoms with E-state index in [4.69, 9.17) is 9.72 Å². The molecular weight excluding hydrogens is 913 g/mol. The third-order valence-electron chi connectivity index (χ3n) is 15.8. The highest BCUT2D eigenvalue weighted by molar-refractivity contribution is 6.25. The zero-order valence-corrected chi connectivity index (χ0v) is 40.2. The van der Waals surface area contributed by atoms with Crippen molar-refractivity contribution in [2.75, 3.05) is 81.9 Å². The molecule has 1 unspecified atom stereocenters. The second-order valence-corrected chi connectivity index (χ2v) is 20.9. The lowest BCUT2D eigenvalue weighted by molar-refractivity contribution is -0.136. The van der Waals surface area contributed by atoms with Gasteiger partial charge in [-0.15, -0.1) is 0 Å². The van der Waals surface area contributed by atoms with E-state index in [1.54, 1.807) is 25.1 Å². The van der Waals surface area contributed by atoms with Crippen molar-refractivity contribution < 1.29 is 42.9 Å². The summed E-state index contributed by atoms with van der Waals surface area (Å²) in [5.74, 6) is -2.32. The Labute approximate surface area is 410 Å². The standard InChI is InChI=1S/C53H59F2N9O7/c1-3-34-38(54)9-8-32-24-33(65)25-36(42(32)34)45-44(55)46-37(26-56-45)47(63-17-5-14-52(2,70)28-63)59-51(58-46)71-30-53(15-16-53)29-61-18-12-31(13-19-61)27-60-20-22-62(23-21-60)39-7-4-6-35-43(39)50(69)64(49(35)68)40-10-11-41(66)57-48(40)67/h4,6-9,24-26,31,40,65,70H,3,5,10-23,27-30H2,1-2H3,(H,57,66,67)/t40?,52-/m1/s1. The smallest absolute Gasteiger partial charge is 0.319 e. The lowest BCUT2D eigenvalue weighted by Crippen LogP contribution is -2.54. The van der Waals surface area contributed by atoms with Gasteiger partial charge in [-0.3, -0.25) is 39.3 Å². The minimum atomic E-state index is -1.00. The number of nitrogens with zero attached hydrogens (tertiary/aromatic N) is 8. The minimum absolute atomic E-state index is 0.00645. The number of ether oxygens (including phenoxy) is 1. The second-order valence-electron chi connectivity index (χ2n) is 20.9. The molecule has 3 aromatic carbocycles. The van der Waals surface area contributed by atoms with E-state index in [1.807, 2.05) is 17.9 Å². The molecule has 1 saturated carbocycles. The molecule has 5 aliphatic heterocycles. The number of rotatable bonds is 12. The van der Waals surface area contributed by atoms with E-state index in [-0.39, 0.29) is 53.3 Å². The Morgan fingerprint density at radius 1 is 0.873 bits per heavy atom. The number of aryl methyl sites for hydroxylation is 1. The Morgan fingerprint density at radius 2 is 1.66 bits per heavy atom. The third-order valence-corrected chi connectivity index (χ3v) is 15.8. The van der Waals surface area contributed by atoms with Crippen molar-refractivity contribution in [3.05, 3.63) is 77.0 Å². The molecule has 0 spiro atoms. The topological polar surface area (TPSA) is 185 Å². The van der Waals surface area contributed by atoms with Crippen molar-refractivity contribution in [1.29, 1.82) is 0 Å². The van der Waals surface area contributed by atoms with Gasteiger partial charge in [0, 0.05) is 76.0 Å². The quantitative estimate of drug-likeness (QED) is 0.127. The predicted octanol–water partition coefficient (Wildman–Crippen LogP) is 5.84. The number of β-amino-alcohol motifs (C(OH)–C–C–N with tert-alkyl or cyclic N) is 1. The van der Waals surface area contributed by atoms with E-state index in [1.165, 1.54) is 24.4 Å². The van der Waals surface area contributed by atoms with Crippen molar-refractivity contribution >= 4 is 56.8 Å². The Hall–Kier alpha value is -6.37. The number of aromatic hydroxyl groups is 1. The van der Waals surface area contributed by atoms with E-state index < -0.39 is 46.9 Å². The maximum Gasteiger partial charge on any atom is 0.319 e. The minimum Gasteiger partial charge on any atom is -0.508 e. The molecule has 3 N–H and O–H groups in total. The van der Waals surface area contributed by atoms with E-state index in [0.29, 0.717) is 95.8 Å². The molecule has 2 aromatic heterocycles. The number of halogens is 2. The van der Waals surface area contributed by atoms with Crippen LogP contribution in [-0.4, -0.2) is 147 Å². The van der Waals surface area contributed by atoms with Crippen LogP contribution in [0.15, 0.2) is 48.7 Å². The van der Waals surface area contributed by atoms with Crippen LogP contribution in [0.3, 0.4) is 0 Å². The number of piperazine rings is 1. The van der Waals surface area contributed by atoms with Crippen LogP contribution in [0.5, 0.6) is 11.8 Å². The number of phenolic OH excluding ortho intramolecular Hbond substituents is 1. The number of carbonyl (C=O) groups is 4. The number of imide groups is 2. The lowest BCUT2D eigenvalue weighted by atomic mass is 9.94. The van der Waals surface area contributed by atoms with Gasteiger partial charge in [0.2, 0.25) is 11.8 Å². The fourth-order valence-corrected chi connectivity index (χ4v) is 11.8. The maximum absolute atomic E-state index is 17.1. The van der Waals surface area contributed by atoms with Gasteiger partial charge in [0.1, 0.15) is 34.6 Å². The normalized spacial score (nSPS) is 23.2. The average Bonchev–Trinajstić information content (AvgIpc) is 4.07. The molecule has 0 radical (unpaired) electrons. The van der Waals surface area contributed by atoms with Gasteiger partial charge in [0.15, 0.2) is 5.82 Å². The average molecular weight is 972 g/mol. The number of likely N-dealkylation sites (tertiary alicyclic amines) is 1. The Balaban J connectivity index is 0.736. The molecule has 11 rings (SSSR count). The Bertz CT molecular complexity index is 2990. The van der Waals surface area contributed by atoms with Crippen LogP contribution in [0.4, 0.5) is 20.3 Å². The number of hydrogen-bond donors (Lipinski definition) is 3. The monoisotopic (exact) mass is 971 g/mol. The van der Waals surface area contributed by atoms with Crippen LogP contribution < -0.4 is 19.9 Å². The van der Waals surface area contributed by atoms with Crippen LogP contribution in [0.2, 0.25) is 0 Å². The highest BCUT2D eigenvalue weighted by atomic mass is 19.1. The van der Waals surface area contributed by atoms with Crippen molar-refractivity contribution in [2.24, 2.45) is 11.3 Å². The summed E-state index contributed by atoms with van der Waals surface area (Å²) in [6.07, 6.45) is 7.46. The van der Waals surface area contributed by atoms with Crippen LogP contribution >= 0.6 is 0 Å². The zero-order chi connectivity index (χ0) is 49.3. The van der Waals surface area contributed by atoms with Gasteiger partial charge in [-0.05, 0) is 124 Å². The molecule has 5 aromatic rings. The van der Waals surface area contributed by atoms with Crippen molar-refractivity contribution in [2.45, 2.75) is 83.3 Å². The summed E-state index contributed by atoms with van der Waals surface area (Å²) in [5, 5.41) is 25.5. The fraction of sp³-hybridized carbons (Fsp3) is 0.491. The molecule has 5 fully saturated rings. The molecule has 2 atom stereocenters. The number of fused-ring (bicyclic) bond motifs is 3. The zero-order valence-electron chi connectivity index (χ0n) is 40.2. The number of benzene rings is 3. The first-order valence-electron chi connectivity index (χ1n) is 25.1. The molecule has 7 heterocycles. The molecular formula is C53H59F2N9O7. The number of carbonyl (C=O) groups excluding carboxylic acids is 4. The number of phenols is 1. The maximum atomic E-state index is 17.1. The van der Waals surface area contributed by atoms with E-state index in [9.17, 15) is 29.4 Å². The molecule has 1 aliphatic carbocycles. The highest BCUT2D eigenvalue weighted by Crippen LogP contribution is 2.47. The van der Waals surface area contributed by atoms with E-state index >= 15 is 8.78 Å². The number of nitrogens with one attached hydrogen (secondary N) is 1. The van der Waals surface area contributed by atoms with Gasteiger partial charge in [-0.25, -0.2) is 8.78 Å². The van der Waals surface area contributed by atoms with Crippen LogP contribution in [0.25, 0.3) is 32.9 Å². The summed E-state index contributed by atoms with van der Waals surface area (Å²) in [4.78, 5) is 75.8. The van der Waals surface area contributed by atoms with Crippen molar-refractivity contribution in [1.82, 2.24) is 35.0 Å². The molecule has 16 nitrogen and oxygen atoms in total. The van der Waals surface area contributed by atoms with Gasteiger partial charge >= 0.3 is 6.01 Å². The van der Waals surface area contributed by atoms with Gasteiger partial charge in [-0.2, -0.15) is 9.97 Å². The number of amides is 4. The van der Waals surface area contributed by atoms with Gasteiger partial charge in [0.05, 0.1) is 34.4 Å². The number of anilines is 2. The molecule has 372 valence electrons. The summed E-state index contributed by atoms with van der Waals surface area (Å²) >= 11 is 0. The number of aromatic nitrogens is 3. The Morgan fingerprint density at radius 3 is 2.39 bits per heavy atom. The van der Waals surface area contributed by atoms with E-state index in [2.05, 4.69) is 30.0 Å². The molecule has 71 heavy (non-hydrogen) atoms. The third kappa shape index (κ3) is 8.92. The van der Waals surface area contributed by atoms with Crippen LogP contribution in [0, 0.1) is 23.0 Å². The largest absolute Gasteiger partial charge is 0.508 e. The molecule has 0 bridgehead atoms. The van der Waals surface area contributed by atoms with Gasteiger partial charge < -0.3 is 29.6 Å². The summed E-state index contributed by atoms with van der Waals surface area (Å²) < 4.78 is 38.8. The summed E-state index contributed by atoms with van der Waals surface area (Å²) in [6.45, 7) is 11.6. The fourth-order valence-electron chi connectivity index (χ4n) is 11.8. The number of piperidine rings is 3. The summed E-state index contributed by atoms with van der Waals surface area (Å²) in [7, 11) is 0. The number of aliphatic hydroxyl groups is 1. The SMILES string of the molecule is CCc1c(F)ccc2cc(O)cc(-c3ncc4c(N5CCC[C@@](C)(O)C5)nc(OCC5(CN6CCC(CN7CCN(c8cccc9c8C(=O)N(C8CCC(=O)NC8=O)C9=O)CC7)CC6)CC5)nc4c3F)c12. The number of pyridine rings is 1. The first kappa shape index (κ1) is 47.0. The lowest BCUT2D eigenvalue weighted by Gasteiger charge is -2.40. The van der Waals surface area contributed by atoms with Gasteiger partial charge in [-0.1, -0.05) is 19.1 Å². The van der Waals surface area contributed by atoms with E-state index in [0.717, 1.165) is 69.9 Å². The van der Waals surface area contributed by atoms with Gasteiger partial charge in [0.25, 0.3) is 11.8 Å². The molecule has 6 aliphatic rings. The second kappa shape index (κ2) is 18.3. The Kier molecular flexibility index (Phi) is 12.1.